The van der Waals surface area contributed by atoms with Crippen molar-refractivity contribution in [2.45, 2.75) is 129 Å². The van der Waals surface area contributed by atoms with Crippen LogP contribution < -0.4 is 16.0 Å². The third kappa shape index (κ3) is 10.5. The molecular weight excluding hydrogens is 829 g/mol. The number of carbonyl (C=O) groups is 6. The summed E-state index contributed by atoms with van der Waals surface area (Å²) in [6.45, 7) is 9.93. The van der Waals surface area contributed by atoms with Crippen molar-refractivity contribution >= 4 is 57.2 Å². The molecule has 0 radical (unpaired) electrons. The molecule has 0 spiro atoms. The molecule has 0 aliphatic carbocycles. The van der Waals surface area contributed by atoms with Crippen LogP contribution in [0.4, 0.5) is 8.78 Å². The third-order valence-electron chi connectivity index (χ3n) is 12.9. The molecule has 2 aliphatic rings. The van der Waals surface area contributed by atoms with Gasteiger partial charge in [-0.2, -0.15) is 0 Å². The van der Waals surface area contributed by atoms with Crippen molar-refractivity contribution in [1.82, 2.24) is 35.7 Å². The maximum atomic E-state index is 15.0. The largest absolute Gasteiger partial charge is 0.461 e. The molecule has 2 saturated heterocycles. The Morgan fingerprint density at radius 1 is 0.719 bits per heavy atom. The highest BCUT2D eigenvalue weighted by Crippen LogP contribution is 2.40. The Bertz CT molecular complexity index is 2230. The summed E-state index contributed by atoms with van der Waals surface area (Å²) in [4.78, 5) is 89.5. The lowest BCUT2D eigenvalue weighted by molar-refractivity contribution is -0.147. The molecule has 0 bridgehead atoms. The minimum Gasteiger partial charge on any atom is -0.461 e. The lowest BCUT2D eigenvalue weighted by atomic mass is 9.93. The highest BCUT2D eigenvalue weighted by Gasteiger charge is 2.43. The molecule has 17 heteroatoms. The summed E-state index contributed by atoms with van der Waals surface area (Å²) in [5.41, 5.74) is 3.45. The standard InChI is InChI=1S/C47H61F2N7O8/c1-9-28(15-42(59)24(3)50-7)46(61)55-22-33(63-26(5)57)18-31(55)20-37-35-13-11-29(48)16-40(35)52-43(37)44-38(36-14-12-30(49)17-41(36)53-44)21-32-19-34(64-27(6)58)23-56(32)47(62)39(10-2)54-45(60)25(4)51-8/h11-14,16-17,24-25,28,31-34,39,50-53H,9-10,15,18-23H2,1-8H3,(H,54,60)/t24-,25-,28+,31-,32-,33-,34-,39-/m0/s1. The number of nitrogens with one attached hydrogen (secondary N) is 5. The number of hydrogen-bond donors (Lipinski definition) is 5. The quantitative estimate of drug-likeness (QED) is 0.0864. The van der Waals surface area contributed by atoms with Crippen molar-refractivity contribution in [1.29, 1.82) is 0 Å². The molecule has 2 aliphatic heterocycles. The number of aromatic nitrogens is 2. The van der Waals surface area contributed by atoms with Gasteiger partial charge in [-0.05, 0) is 101 Å². The highest BCUT2D eigenvalue weighted by atomic mass is 19.1. The predicted octanol–water partition coefficient (Wildman–Crippen LogP) is 4.84. The van der Waals surface area contributed by atoms with Crippen molar-refractivity contribution in [3.05, 3.63) is 59.2 Å². The zero-order chi connectivity index (χ0) is 46.6. The smallest absolute Gasteiger partial charge is 0.302 e. The van der Waals surface area contributed by atoms with Gasteiger partial charge < -0.3 is 45.2 Å². The number of aromatic amines is 2. The number of fused-ring (bicyclic) bond motifs is 2. The molecule has 4 heterocycles. The maximum Gasteiger partial charge on any atom is 0.302 e. The summed E-state index contributed by atoms with van der Waals surface area (Å²) in [6, 6.07) is 5.86. The van der Waals surface area contributed by atoms with E-state index in [1.165, 1.54) is 38.1 Å². The molecule has 346 valence electrons. The van der Waals surface area contributed by atoms with E-state index in [2.05, 4.69) is 25.9 Å². The van der Waals surface area contributed by atoms with Gasteiger partial charge in [0.15, 0.2) is 0 Å². The average molecular weight is 890 g/mol. The molecule has 8 atom stereocenters. The van der Waals surface area contributed by atoms with E-state index < -0.39 is 71.9 Å². The molecule has 0 saturated carbocycles. The number of H-pyrrole nitrogens is 2. The average Bonchev–Trinajstić information content (AvgIpc) is 4.03. The van der Waals surface area contributed by atoms with Crippen LogP contribution in [-0.4, -0.2) is 125 Å². The first-order valence-corrected chi connectivity index (χ1v) is 22.2. The first kappa shape index (κ1) is 47.8. The molecule has 3 amide bonds. The van der Waals surface area contributed by atoms with Crippen molar-refractivity contribution < 1.29 is 47.0 Å². The molecule has 64 heavy (non-hydrogen) atoms. The molecule has 0 unspecified atom stereocenters. The number of benzene rings is 2. The van der Waals surface area contributed by atoms with E-state index in [4.69, 9.17) is 9.47 Å². The summed E-state index contributed by atoms with van der Waals surface area (Å²) in [6.07, 6.45) is 0.542. The van der Waals surface area contributed by atoms with Gasteiger partial charge >= 0.3 is 11.9 Å². The van der Waals surface area contributed by atoms with E-state index in [9.17, 15) is 37.5 Å². The van der Waals surface area contributed by atoms with Gasteiger partial charge in [0.2, 0.25) is 17.7 Å². The summed E-state index contributed by atoms with van der Waals surface area (Å²) < 4.78 is 41.3. The third-order valence-corrected chi connectivity index (χ3v) is 12.9. The van der Waals surface area contributed by atoms with Crippen LogP contribution in [0, 0.1) is 17.6 Å². The maximum absolute atomic E-state index is 15.0. The summed E-state index contributed by atoms with van der Waals surface area (Å²) in [5.74, 6) is -3.59. The Morgan fingerprint density at radius 3 is 1.61 bits per heavy atom. The molecule has 2 fully saturated rings. The predicted molar refractivity (Wildman–Crippen MR) is 237 cm³/mol. The van der Waals surface area contributed by atoms with Gasteiger partial charge in [0, 0.05) is 72.9 Å². The topological polar surface area (TPSA) is 195 Å². The monoisotopic (exact) mass is 889 g/mol. The number of amides is 3. The van der Waals surface area contributed by atoms with Gasteiger partial charge in [-0.25, -0.2) is 8.78 Å². The normalized spacial score (nSPS) is 20.6. The Labute approximate surface area is 371 Å². The minimum atomic E-state index is -0.862. The number of ketones is 1. The molecular formula is C47H61F2N7O8. The van der Waals surface area contributed by atoms with E-state index >= 15 is 0 Å². The zero-order valence-corrected chi connectivity index (χ0v) is 37.9. The highest BCUT2D eigenvalue weighted by molar-refractivity contribution is 5.97. The van der Waals surface area contributed by atoms with Crippen molar-refractivity contribution in [2.75, 3.05) is 27.2 Å². The fourth-order valence-electron chi connectivity index (χ4n) is 9.28. The Kier molecular flexibility index (Phi) is 15.3. The van der Waals surface area contributed by atoms with Crippen molar-refractivity contribution in [3.8, 4) is 11.4 Å². The number of carbonyl (C=O) groups excluding carboxylic acids is 6. The summed E-state index contributed by atoms with van der Waals surface area (Å²) in [7, 11) is 3.33. The Morgan fingerprint density at radius 2 is 1.19 bits per heavy atom. The number of halogens is 2. The molecule has 4 aromatic rings. The summed E-state index contributed by atoms with van der Waals surface area (Å²) >= 11 is 0. The lowest BCUT2D eigenvalue weighted by Crippen LogP contribution is -2.53. The SMILES string of the molecule is CC[C@H](CC(=O)[C@H](C)NC)C(=O)N1C[C@@H](OC(C)=O)C[C@H]1Cc1c(-c2[nH]c3cc(F)ccc3c2C[C@@H]2C[C@H](OC(C)=O)CN2C(=O)[C@H](CC)NC(=O)[C@H](C)NC)[nH]c2cc(F)ccc12. The van der Waals surface area contributed by atoms with Crippen LogP contribution in [0.15, 0.2) is 36.4 Å². The number of likely N-dealkylation sites (N-methyl/N-ethyl adjacent to an activating group) is 2. The lowest BCUT2D eigenvalue weighted by Gasteiger charge is -2.29. The van der Waals surface area contributed by atoms with Crippen LogP contribution in [0.1, 0.15) is 84.8 Å². The van der Waals surface area contributed by atoms with Gasteiger partial charge in [0.1, 0.15) is 35.7 Å². The minimum absolute atomic E-state index is 0.0326. The van der Waals surface area contributed by atoms with E-state index in [0.29, 0.717) is 63.6 Å². The van der Waals surface area contributed by atoms with E-state index in [-0.39, 0.29) is 62.3 Å². The van der Waals surface area contributed by atoms with Crippen LogP contribution >= 0.6 is 0 Å². The molecule has 5 N–H and O–H groups in total. The van der Waals surface area contributed by atoms with E-state index in [0.717, 1.165) is 0 Å². The Balaban J connectivity index is 1.44. The van der Waals surface area contributed by atoms with E-state index in [1.807, 2.05) is 6.92 Å². The number of esters is 2. The van der Waals surface area contributed by atoms with Crippen molar-refractivity contribution in [3.63, 3.8) is 0 Å². The number of hydrogen-bond acceptors (Lipinski definition) is 10. The molecule has 2 aromatic carbocycles. The van der Waals surface area contributed by atoms with E-state index in [1.54, 1.807) is 56.8 Å². The van der Waals surface area contributed by atoms with Crippen LogP contribution in [0.25, 0.3) is 33.2 Å². The fourth-order valence-corrected chi connectivity index (χ4v) is 9.28. The zero-order valence-electron chi connectivity index (χ0n) is 37.9. The number of Topliss-reactive ketones (excluding diaryl/α,β-unsaturated/α-hetero) is 1. The van der Waals surface area contributed by atoms with Crippen molar-refractivity contribution in [2.24, 2.45) is 5.92 Å². The van der Waals surface area contributed by atoms with Gasteiger partial charge in [0.25, 0.3) is 0 Å². The van der Waals surface area contributed by atoms with Gasteiger partial charge in [-0.15, -0.1) is 0 Å². The van der Waals surface area contributed by atoms with Crippen LogP contribution in [0.3, 0.4) is 0 Å². The number of ether oxygens (including phenoxy) is 2. The summed E-state index contributed by atoms with van der Waals surface area (Å²) in [5, 5.41) is 10.0. The first-order valence-electron chi connectivity index (χ1n) is 22.2. The number of nitrogens with zero attached hydrogens (tertiary/aromatic N) is 2. The fraction of sp³-hybridized carbons (Fsp3) is 0.532. The van der Waals surface area contributed by atoms with Gasteiger partial charge in [-0.3, -0.25) is 28.8 Å². The molecule has 6 rings (SSSR count). The van der Waals surface area contributed by atoms with Crippen LogP contribution in [-0.2, 0) is 51.1 Å². The number of rotatable bonds is 18. The second-order valence-electron chi connectivity index (χ2n) is 17.2. The first-order chi connectivity index (χ1) is 30.5. The van der Waals surface area contributed by atoms with Crippen LogP contribution in [0.2, 0.25) is 0 Å². The molecule has 2 aromatic heterocycles. The second-order valence-corrected chi connectivity index (χ2v) is 17.2. The Hall–Kier alpha value is -5.68. The van der Waals surface area contributed by atoms with Crippen LogP contribution in [0.5, 0.6) is 0 Å². The molecule has 15 nitrogen and oxygen atoms in total. The van der Waals surface area contributed by atoms with Gasteiger partial charge in [-0.1, -0.05) is 13.8 Å². The second kappa shape index (κ2) is 20.4. The van der Waals surface area contributed by atoms with Gasteiger partial charge in [0.05, 0.1) is 36.6 Å². The number of likely N-dealkylation sites (tertiary alicyclic amines) is 2.